The summed E-state index contributed by atoms with van der Waals surface area (Å²) in [6.45, 7) is 5.41. The Hall–Kier alpha value is -1.82. The van der Waals surface area contributed by atoms with Crippen LogP contribution in [0.25, 0.3) is 0 Å². The third-order valence-electron chi connectivity index (χ3n) is 3.73. The molecule has 1 aromatic carbocycles. The first-order chi connectivity index (χ1) is 10.1. The summed E-state index contributed by atoms with van der Waals surface area (Å²) in [5.41, 5.74) is 0.810. The van der Waals surface area contributed by atoms with Gasteiger partial charge in [-0.2, -0.15) is 0 Å². The van der Waals surface area contributed by atoms with Gasteiger partial charge in [0, 0.05) is 30.9 Å². The monoisotopic (exact) mass is 293 g/mol. The maximum Gasteiger partial charge on any atom is 0.275 e. The summed E-state index contributed by atoms with van der Waals surface area (Å²) in [6.07, 6.45) is 2.41. The molecule has 0 aromatic heterocycles. The molecule has 1 aliphatic heterocycles. The van der Waals surface area contributed by atoms with E-state index in [1.165, 1.54) is 18.9 Å². The molecule has 1 aliphatic rings. The number of hydrogen-bond acceptors (Lipinski definition) is 5. The van der Waals surface area contributed by atoms with Crippen LogP contribution in [0.15, 0.2) is 18.2 Å². The number of non-ortho nitro benzene ring substituents is 1. The molecule has 6 nitrogen and oxygen atoms in total. The van der Waals surface area contributed by atoms with E-state index in [1.807, 2.05) is 13.0 Å². The van der Waals surface area contributed by atoms with Crippen LogP contribution in [0.5, 0.6) is 5.75 Å². The Morgan fingerprint density at radius 2 is 2.29 bits per heavy atom. The van der Waals surface area contributed by atoms with Gasteiger partial charge in [-0.05, 0) is 39.3 Å². The highest BCUT2D eigenvalue weighted by molar-refractivity contribution is 5.56. The molecule has 1 saturated heterocycles. The van der Waals surface area contributed by atoms with Crippen molar-refractivity contribution in [3.05, 3.63) is 28.3 Å². The minimum absolute atomic E-state index is 0.0595. The predicted molar refractivity (Wildman–Crippen MR) is 83.0 cm³/mol. The van der Waals surface area contributed by atoms with Gasteiger partial charge in [0.1, 0.15) is 5.75 Å². The van der Waals surface area contributed by atoms with Gasteiger partial charge in [-0.1, -0.05) is 0 Å². The van der Waals surface area contributed by atoms with Gasteiger partial charge < -0.3 is 15.0 Å². The Labute approximate surface area is 125 Å². The molecule has 1 unspecified atom stereocenters. The van der Waals surface area contributed by atoms with E-state index >= 15 is 0 Å². The first-order valence-electron chi connectivity index (χ1n) is 7.43. The Bertz CT molecular complexity index is 493. The van der Waals surface area contributed by atoms with Crippen molar-refractivity contribution < 1.29 is 9.66 Å². The van der Waals surface area contributed by atoms with Crippen molar-refractivity contribution in [1.29, 1.82) is 0 Å². The van der Waals surface area contributed by atoms with E-state index in [-0.39, 0.29) is 10.6 Å². The Balaban J connectivity index is 2.02. The number of nitro groups is 1. The minimum Gasteiger partial charge on any atom is -0.494 e. The molecule has 6 heteroatoms. The molecule has 116 valence electrons. The van der Waals surface area contributed by atoms with Crippen LogP contribution in [0, 0.1) is 16.0 Å². The second-order valence-corrected chi connectivity index (χ2v) is 5.56. The summed E-state index contributed by atoms with van der Waals surface area (Å²) in [6, 6.07) is 4.85. The lowest BCUT2D eigenvalue weighted by Crippen LogP contribution is -2.35. The lowest BCUT2D eigenvalue weighted by atomic mass is 9.98. The standard InChI is InChI=1S/C15H23N3O3/c1-3-21-15-8-13(7-14(9-15)18(19)20)16-10-12-5-4-6-17(2)11-12/h7-9,12,16H,3-6,10-11H2,1-2H3. The Kier molecular flexibility index (Phi) is 5.38. The first kappa shape index (κ1) is 15.6. The van der Waals surface area contributed by atoms with Crippen LogP contribution < -0.4 is 10.1 Å². The van der Waals surface area contributed by atoms with Gasteiger partial charge in [0.2, 0.25) is 0 Å². The first-order valence-corrected chi connectivity index (χ1v) is 7.43. The third kappa shape index (κ3) is 4.60. The molecule has 1 N–H and O–H groups in total. The second-order valence-electron chi connectivity index (χ2n) is 5.56. The molecule has 1 fully saturated rings. The molecular weight excluding hydrogens is 270 g/mol. The molecule has 2 rings (SSSR count). The Morgan fingerprint density at radius 3 is 2.95 bits per heavy atom. The summed E-state index contributed by atoms with van der Waals surface area (Å²) in [7, 11) is 2.13. The fourth-order valence-electron chi connectivity index (χ4n) is 2.74. The van der Waals surface area contributed by atoms with E-state index in [1.54, 1.807) is 6.07 Å². The SMILES string of the molecule is CCOc1cc(NCC2CCCN(C)C2)cc([N+](=O)[O-])c1. The second kappa shape index (κ2) is 7.26. The van der Waals surface area contributed by atoms with E-state index in [2.05, 4.69) is 17.3 Å². The van der Waals surface area contributed by atoms with Gasteiger partial charge in [0.15, 0.2) is 0 Å². The molecule has 0 amide bonds. The fourth-order valence-corrected chi connectivity index (χ4v) is 2.74. The number of piperidine rings is 1. The summed E-state index contributed by atoms with van der Waals surface area (Å²) in [5.74, 6) is 1.12. The van der Waals surface area contributed by atoms with Gasteiger partial charge in [-0.15, -0.1) is 0 Å². The van der Waals surface area contributed by atoms with Crippen molar-refractivity contribution in [3.63, 3.8) is 0 Å². The highest BCUT2D eigenvalue weighted by Gasteiger charge is 2.17. The smallest absolute Gasteiger partial charge is 0.275 e. The van der Waals surface area contributed by atoms with Gasteiger partial charge in [-0.25, -0.2) is 0 Å². The van der Waals surface area contributed by atoms with Crippen LogP contribution in [-0.2, 0) is 0 Å². The van der Waals surface area contributed by atoms with Crippen molar-refractivity contribution in [2.45, 2.75) is 19.8 Å². The van der Waals surface area contributed by atoms with Crippen LogP contribution in [-0.4, -0.2) is 43.1 Å². The average Bonchev–Trinajstić information content (AvgIpc) is 2.45. The fraction of sp³-hybridized carbons (Fsp3) is 0.600. The highest BCUT2D eigenvalue weighted by atomic mass is 16.6. The molecule has 1 aromatic rings. The largest absolute Gasteiger partial charge is 0.494 e. The number of benzene rings is 1. The summed E-state index contributed by atoms with van der Waals surface area (Å²) < 4.78 is 5.39. The highest BCUT2D eigenvalue weighted by Crippen LogP contribution is 2.26. The van der Waals surface area contributed by atoms with Crippen molar-refractivity contribution in [3.8, 4) is 5.75 Å². The number of nitrogens with zero attached hydrogens (tertiary/aromatic N) is 2. The van der Waals surface area contributed by atoms with E-state index in [9.17, 15) is 10.1 Å². The number of rotatable bonds is 6. The molecule has 21 heavy (non-hydrogen) atoms. The van der Waals surface area contributed by atoms with Gasteiger partial charge in [0.25, 0.3) is 5.69 Å². The van der Waals surface area contributed by atoms with Gasteiger partial charge in [-0.3, -0.25) is 10.1 Å². The van der Waals surface area contributed by atoms with Crippen LogP contribution in [0.2, 0.25) is 0 Å². The molecule has 1 heterocycles. The van der Waals surface area contributed by atoms with E-state index < -0.39 is 0 Å². The maximum atomic E-state index is 11.0. The van der Waals surface area contributed by atoms with Crippen LogP contribution in [0.1, 0.15) is 19.8 Å². The summed E-state index contributed by atoms with van der Waals surface area (Å²) >= 11 is 0. The Morgan fingerprint density at radius 1 is 1.48 bits per heavy atom. The van der Waals surface area contributed by atoms with Crippen LogP contribution in [0.4, 0.5) is 11.4 Å². The molecule has 1 atom stereocenters. The zero-order valence-electron chi connectivity index (χ0n) is 12.7. The average molecular weight is 293 g/mol. The van der Waals surface area contributed by atoms with Crippen molar-refractivity contribution in [1.82, 2.24) is 4.90 Å². The number of anilines is 1. The zero-order chi connectivity index (χ0) is 15.2. The quantitative estimate of drug-likeness (QED) is 0.645. The van der Waals surface area contributed by atoms with E-state index in [0.717, 1.165) is 25.3 Å². The maximum absolute atomic E-state index is 11.0. The molecule has 0 aliphatic carbocycles. The topological polar surface area (TPSA) is 67.6 Å². The number of nitro benzene ring substituents is 1. The number of ether oxygens (including phenoxy) is 1. The molecular formula is C15H23N3O3. The normalized spacial score (nSPS) is 19.2. The number of likely N-dealkylation sites (tertiary alicyclic amines) is 1. The molecule has 0 bridgehead atoms. The predicted octanol–water partition coefficient (Wildman–Crippen LogP) is 2.75. The lowest BCUT2D eigenvalue weighted by Gasteiger charge is -2.30. The minimum atomic E-state index is -0.387. The van der Waals surface area contributed by atoms with Crippen molar-refractivity contribution in [2.75, 3.05) is 38.6 Å². The zero-order valence-corrected chi connectivity index (χ0v) is 12.7. The molecule has 0 spiro atoms. The number of nitrogens with one attached hydrogen (secondary N) is 1. The molecule has 0 radical (unpaired) electrons. The van der Waals surface area contributed by atoms with Crippen molar-refractivity contribution >= 4 is 11.4 Å². The van der Waals surface area contributed by atoms with Gasteiger partial charge >= 0.3 is 0 Å². The van der Waals surface area contributed by atoms with E-state index in [0.29, 0.717) is 18.3 Å². The molecule has 0 saturated carbocycles. The van der Waals surface area contributed by atoms with E-state index in [4.69, 9.17) is 4.74 Å². The van der Waals surface area contributed by atoms with Crippen LogP contribution in [0.3, 0.4) is 0 Å². The lowest BCUT2D eigenvalue weighted by molar-refractivity contribution is -0.384. The summed E-state index contributed by atoms with van der Waals surface area (Å²) in [5, 5.41) is 14.3. The number of hydrogen-bond donors (Lipinski definition) is 1. The van der Waals surface area contributed by atoms with Gasteiger partial charge in [0.05, 0.1) is 17.6 Å². The third-order valence-corrected chi connectivity index (χ3v) is 3.73. The van der Waals surface area contributed by atoms with Crippen molar-refractivity contribution in [2.24, 2.45) is 5.92 Å². The van der Waals surface area contributed by atoms with Crippen LogP contribution >= 0.6 is 0 Å². The summed E-state index contributed by atoms with van der Waals surface area (Å²) in [4.78, 5) is 12.9.